The van der Waals surface area contributed by atoms with E-state index in [-0.39, 0.29) is 59.6 Å². The summed E-state index contributed by atoms with van der Waals surface area (Å²) in [5, 5.41) is 60.6. The standard InChI is InChI=1S/6C12H24O2.Mo/c6*1-2-3-4-5-6-7-8-9-10-11-12(13)14;/h6*2-11H2,1H3,(H,13,14);/q;;;;;;+6/p-6. The number of hydrogen-bond donors (Lipinski definition) is 0. The summed E-state index contributed by atoms with van der Waals surface area (Å²) in [6.07, 6.45) is 67.0. The minimum atomic E-state index is -0.909. The summed E-state index contributed by atoms with van der Waals surface area (Å²) < 4.78 is 0. The summed E-state index contributed by atoms with van der Waals surface area (Å²) in [5.74, 6) is -5.46. The van der Waals surface area contributed by atoms with Gasteiger partial charge in [0.25, 0.3) is 0 Å². The molecule has 85 heavy (non-hydrogen) atoms. The van der Waals surface area contributed by atoms with Gasteiger partial charge in [-0.15, -0.1) is 0 Å². The first-order chi connectivity index (χ1) is 40.6. The molecule has 0 saturated heterocycles. The number of hydrogen-bond acceptors (Lipinski definition) is 12. The number of unbranched alkanes of at least 4 members (excludes halogenated alkanes) is 48. The molecule has 12 nitrogen and oxygen atoms in total. The van der Waals surface area contributed by atoms with Crippen molar-refractivity contribution < 1.29 is 80.5 Å². The molecule has 0 saturated carbocycles. The molecule has 0 aromatic carbocycles. The summed E-state index contributed by atoms with van der Waals surface area (Å²) >= 11 is 0. The molecule has 0 N–H and O–H groups in total. The molecule has 0 spiro atoms. The van der Waals surface area contributed by atoms with Crippen LogP contribution in [-0.2, 0) is 49.8 Å². The minimum Gasteiger partial charge on any atom is -0.550 e. The topological polar surface area (TPSA) is 241 Å². The molecule has 0 aromatic rings. The van der Waals surface area contributed by atoms with Crippen LogP contribution in [0.1, 0.15) is 427 Å². The number of carbonyl (C=O) groups excluding carboxylic acids is 6. The van der Waals surface area contributed by atoms with E-state index < -0.39 is 35.8 Å². The largest absolute Gasteiger partial charge is 6.00 e. The molecule has 0 aromatic heterocycles. The van der Waals surface area contributed by atoms with Crippen LogP contribution in [0.3, 0.4) is 0 Å². The fourth-order valence-corrected chi connectivity index (χ4v) is 9.48. The van der Waals surface area contributed by atoms with E-state index in [1.54, 1.807) is 0 Å². The van der Waals surface area contributed by atoms with Gasteiger partial charge in [0.05, 0.1) is 0 Å². The second kappa shape index (κ2) is 92.7. The molecule has 0 atom stereocenters. The van der Waals surface area contributed by atoms with Crippen molar-refractivity contribution in [3.8, 4) is 0 Å². The Morgan fingerprint density at radius 1 is 0.153 bits per heavy atom. The first kappa shape index (κ1) is 96.1. The molecule has 0 bridgehead atoms. The Bertz CT molecular complexity index is 1050. The predicted molar refractivity (Wildman–Crippen MR) is 341 cm³/mol. The van der Waals surface area contributed by atoms with Gasteiger partial charge in [-0.25, -0.2) is 0 Å². The average Bonchev–Trinajstić information content (AvgIpc) is 3.45. The van der Waals surface area contributed by atoms with E-state index in [4.69, 9.17) is 0 Å². The molecule has 0 aliphatic rings. The molecule has 0 unspecified atom stereocenters. The molecular weight excluding hydrogens is 1150 g/mol. The van der Waals surface area contributed by atoms with Crippen molar-refractivity contribution in [1.82, 2.24) is 0 Å². The number of aliphatic carboxylic acids is 6. The summed E-state index contributed by atoms with van der Waals surface area (Å²) in [6.45, 7) is 13.3. The van der Waals surface area contributed by atoms with Crippen molar-refractivity contribution in [2.45, 2.75) is 427 Å². The summed E-state index contributed by atoms with van der Waals surface area (Å²) in [5.41, 5.74) is 0. The van der Waals surface area contributed by atoms with Gasteiger partial charge in [0.2, 0.25) is 0 Å². The van der Waals surface area contributed by atoms with E-state index in [1.165, 1.54) is 270 Å². The molecule has 0 heterocycles. The van der Waals surface area contributed by atoms with Gasteiger partial charge in [-0.3, -0.25) is 0 Å². The monoisotopic (exact) mass is 1290 g/mol. The predicted octanol–water partition coefficient (Wildman–Crippen LogP) is 15.9. The van der Waals surface area contributed by atoms with E-state index >= 15 is 0 Å². The molecule has 0 rings (SSSR count). The van der Waals surface area contributed by atoms with Crippen LogP contribution in [0.5, 0.6) is 0 Å². The third-order valence-electron chi connectivity index (χ3n) is 14.9. The van der Waals surface area contributed by atoms with Crippen LogP contribution in [-0.4, -0.2) is 35.8 Å². The number of carboxylic acid groups (broad SMARTS) is 6. The Labute approximate surface area is 540 Å². The number of rotatable bonds is 60. The second-order valence-corrected chi connectivity index (χ2v) is 23.7. The molecule has 0 fully saturated rings. The third kappa shape index (κ3) is 128. The van der Waals surface area contributed by atoms with Crippen molar-refractivity contribution in [1.29, 1.82) is 0 Å². The first-order valence-electron chi connectivity index (χ1n) is 35.8. The maximum atomic E-state index is 10.1. The van der Waals surface area contributed by atoms with Gasteiger partial charge < -0.3 is 59.4 Å². The maximum Gasteiger partial charge on any atom is 6.00 e. The van der Waals surface area contributed by atoms with Gasteiger partial charge in [-0.2, -0.15) is 0 Å². The molecule has 0 aliphatic heterocycles. The normalized spacial score (nSPS) is 10.2. The van der Waals surface area contributed by atoms with Crippen LogP contribution in [0.2, 0.25) is 0 Å². The Morgan fingerprint density at radius 3 is 0.294 bits per heavy atom. The van der Waals surface area contributed by atoms with Crippen molar-refractivity contribution in [3.05, 3.63) is 0 Å². The van der Waals surface area contributed by atoms with Gasteiger partial charge >= 0.3 is 21.1 Å². The Kier molecular flexibility index (Phi) is 105. The van der Waals surface area contributed by atoms with Gasteiger partial charge in [0.1, 0.15) is 0 Å². The zero-order valence-electron chi connectivity index (χ0n) is 56.7. The Hall–Kier alpha value is -2.49. The SMILES string of the molecule is CCCCCCCCCCCC(=O)[O-].CCCCCCCCCCCC(=O)[O-].CCCCCCCCCCCC(=O)[O-].CCCCCCCCCCCC(=O)[O-].CCCCCCCCCCCC(=O)[O-].CCCCCCCCCCCC(=O)[O-].[Mo+6]. The van der Waals surface area contributed by atoms with Crippen molar-refractivity contribution in [3.63, 3.8) is 0 Å². The Balaban J connectivity index is -0.000000171. The van der Waals surface area contributed by atoms with E-state index in [0.717, 1.165) is 77.0 Å². The van der Waals surface area contributed by atoms with Crippen molar-refractivity contribution >= 4 is 35.8 Å². The zero-order valence-corrected chi connectivity index (χ0v) is 58.7. The van der Waals surface area contributed by atoms with Crippen molar-refractivity contribution in [2.75, 3.05) is 0 Å². The summed E-state index contributed by atoms with van der Waals surface area (Å²) in [4.78, 5) is 60.6. The van der Waals surface area contributed by atoms with E-state index in [1.807, 2.05) is 0 Å². The van der Waals surface area contributed by atoms with Gasteiger partial charge in [0.15, 0.2) is 0 Å². The zero-order chi connectivity index (χ0) is 63.9. The Morgan fingerprint density at radius 2 is 0.224 bits per heavy atom. The smallest absolute Gasteiger partial charge is 0.550 e. The van der Waals surface area contributed by atoms with Crippen molar-refractivity contribution in [2.24, 2.45) is 0 Å². The maximum absolute atomic E-state index is 10.1. The first-order valence-corrected chi connectivity index (χ1v) is 35.8. The van der Waals surface area contributed by atoms with Crippen LogP contribution in [0, 0.1) is 0 Å². The fraction of sp³-hybridized carbons (Fsp3) is 0.917. The fourth-order valence-electron chi connectivity index (χ4n) is 9.48. The van der Waals surface area contributed by atoms with Gasteiger partial charge in [0, 0.05) is 35.8 Å². The number of carbonyl (C=O) groups is 6. The molecule has 13 heteroatoms. The molecular formula is C72H138MoO12. The molecule has 0 aliphatic carbocycles. The molecule has 0 radical (unpaired) electrons. The number of carboxylic acids is 6. The third-order valence-corrected chi connectivity index (χ3v) is 14.9. The van der Waals surface area contributed by atoms with Gasteiger partial charge in [-0.05, 0) is 77.0 Å². The molecule has 0 amide bonds. The van der Waals surface area contributed by atoms with E-state index in [0.29, 0.717) is 0 Å². The van der Waals surface area contributed by atoms with Crippen LogP contribution in [0.15, 0.2) is 0 Å². The van der Waals surface area contributed by atoms with Crippen LogP contribution < -0.4 is 30.6 Å². The summed E-state index contributed by atoms with van der Waals surface area (Å²) in [6, 6.07) is 0. The quantitative estimate of drug-likeness (QED) is 0.0408. The van der Waals surface area contributed by atoms with Crippen LogP contribution >= 0.6 is 0 Å². The second-order valence-electron chi connectivity index (χ2n) is 23.7. The summed E-state index contributed by atoms with van der Waals surface area (Å²) in [7, 11) is 0. The molecule has 504 valence electrons. The van der Waals surface area contributed by atoms with Crippen LogP contribution in [0.25, 0.3) is 0 Å². The van der Waals surface area contributed by atoms with Crippen LogP contribution in [0.4, 0.5) is 0 Å². The minimum absolute atomic E-state index is 0. The van der Waals surface area contributed by atoms with E-state index in [2.05, 4.69) is 41.5 Å². The van der Waals surface area contributed by atoms with E-state index in [9.17, 15) is 59.4 Å². The average molecular weight is 1290 g/mol. The van der Waals surface area contributed by atoms with Gasteiger partial charge in [-0.1, -0.05) is 350 Å².